The van der Waals surface area contributed by atoms with Gasteiger partial charge in [-0.3, -0.25) is 0 Å². The highest BCUT2D eigenvalue weighted by Gasteiger charge is 2.52. The predicted octanol–water partition coefficient (Wildman–Crippen LogP) is 1.33. The average Bonchev–Trinajstić information content (AvgIpc) is 2.39. The Hall–Kier alpha value is -0.883. The lowest BCUT2D eigenvalue weighted by atomic mass is 9.62. The fourth-order valence-electron chi connectivity index (χ4n) is 3.79. The molecule has 1 aromatic carbocycles. The third kappa shape index (κ3) is 2.88. The second-order valence-corrected chi connectivity index (χ2v) is 7.04. The molecular formula is C16H22NO3Si. The summed E-state index contributed by atoms with van der Waals surface area (Å²) < 4.78 is 11.5. The molecular weight excluding hydrogens is 282 g/mol. The van der Waals surface area contributed by atoms with E-state index in [0.29, 0.717) is 5.41 Å². The van der Waals surface area contributed by atoms with Gasteiger partial charge in [0, 0.05) is 24.1 Å². The van der Waals surface area contributed by atoms with Crippen LogP contribution < -0.4 is 4.74 Å². The highest BCUT2D eigenvalue weighted by atomic mass is 28.1. The standard InChI is InChI=1S/C16H22NO3Si/c1-17-9-16(10-17)7-11(8-16)20-14(15(18)21)12-5-3-4-6-13(12)19-2/h3-6,11,14-15,18H,7-10H2,1-2H3. The van der Waals surface area contributed by atoms with Crippen LogP contribution in [0.25, 0.3) is 0 Å². The summed E-state index contributed by atoms with van der Waals surface area (Å²) in [7, 11) is 7.10. The molecule has 2 unspecified atom stereocenters. The Labute approximate surface area is 129 Å². The van der Waals surface area contributed by atoms with Crippen LogP contribution in [0.3, 0.4) is 0 Å². The van der Waals surface area contributed by atoms with Gasteiger partial charge in [-0.05, 0) is 26.0 Å². The number of benzene rings is 1. The Morgan fingerprint density at radius 3 is 2.57 bits per heavy atom. The van der Waals surface area contributed by atoms with Crippen LogP contribution in [0.4, 0.5) is 0 Å². The van der Waals surface area contributed by atoms with E-state index in [-0.39, 0.29) is 6.10 Å². The van der Waals surface area contributed by atoms with E-state index in [0.717, 1.165) is 24.2 Å². The SMILES string of the molecule is COc1ccccc1C(OC1CC2(C1)CN(C)C2)C(O)[Si]. The summed E-state index contributed by atoms with van der Waals surface area (Å²) in [5.74, 6) is 0.747. The maximum absolute atomic E-state index is 10.0. The summed E-state index contributed by atoms with van der Waals surface area (Å²) >= 11 is 0. The van der Waals surface area contributed by atoms with Crippen molar-refractivity contribution in [3.8, 4) is 5.75 Å². The molecule has 0 bridgehead atoms. The second kappa shape index (κ2) is 5.72. The molecule has 1 N–H and O–H groups in total. The Kier molecular flexibility index (Phi) is 4.09. The van der Waals surface area contributed by atoms with Crippen molar-refractivity contribution in [2.24, 2.45) is 5.41 Å². The van der Waals surface area contributed by atoms with Gasteiger partial charge in [-0.25, -0.2) is 0 Å². The van der Waals surface area contributed by atoms with Crippen LogP contribution in [0.2, 0.25) is 0 Å². The summed E-state index contributed by atoms with van der Waals surface area (Å²) in [6.45, 7) is 2.34. The molecule has 2 fully saturated rings. The van der Waals surface area contributed by atoms with Crippen LogP contribution >= 0.6 is 0 Å². The van der Waals surface area contributed by atoms with Crippen molar-refractivity contribution in [2.75, 3.05) is 27.2 Å². The number of hydrogen-bond donors (Lipinski definition) is 1. The normalized spacial score (nSPS) is 24.2. The number of aliphatic hydroxyl groups is 1. The van der Waals surface area contributed by atoms with E-state index < -0.39 is 11.8 Å². The summed E-state index contributed by atoms with van der Waals surface area (Å²) in [5, 5.41) is 10.0. The predicted molar refractivity (Wildman–Crippen MR) is 81.5 cm³/mol. The first-order chi connectivity index (χ1) is 10.0. The Bertz CT molecular complexity index is 494. The average molecular weight is 304 g/mol. The van der Waals surface area contributed by atoms with Crippen molar-refractivity contribution in [1.29, 1.82) is 0 Å². The number of likely N-dealkylation sites (tertiary alicyclic amines) is 1. The third-order valence-corrected chi connectivity index (χ3v) is 4.91. The van der Waals surface area contributed by atoms with Crippen LogP contribution in [0.1, 0.15) is 24.5 Å². The fraction of sp³-hybridized carbons (Fsp3) is 0.625. The van der Waals surface area contributed by atoms with Crippen molar-refractivity contribution in [2.45, 2.75) is 30.8 Å². The van der Waals surface area contributed by atoms with Crippen molar-refractivity contribution in [1.82, 2.24) is 4.90 Å². The van der Waals surface area contributed by atoms with Gasteiger partial charge in [-0.15, -0.1) is 0 Å². The smallest absolute Gasteiger partial charge is 0.124 e. The molecule has 5 heteroatoms. The minimum absolute atomic E-state index is 0.222. The van der Waals surface area contributed by atoms with E-state index >= 15 is 0 Å². The van der Waals surface area contributed by atoms with Gasteiger partial charge in [-0.1, -0.05) is 18.2 Å². The number of hydrogen-bond acceptors (Lipinski definition) is 4. The molecule has 2 atom stereocenters. The Balaban J connectivity index is 1.66. The number of methoxy groups -OCH3 is 1. The molecule has 113 valence electrons. The largest absolute Gasteiger partial charge is 0.496 e. The van der Waals surface area contributed by atoms with Crippen LogP contribution in [-0.4, -0.2) is 59.3 Å². The van der Waals surface area contributed by atoms with Crippen molar-refractivity contribution in [3.05, 3.63) is 29.8 Å². The first kappa shape index (κ1) is 15.0. The first-order valence-corrected chi connectivity index (χ1v) is 7.97. The minimum atomic E-state index is -0.748. The topological polar surface area (TPSA) is 41.9 Å². The number of nitrogens with zero attached hydrogens (tertiary/aromatic N) is 1. The zero-order chi connectivity index (χ0) is 15.0. The van der Waals surface area contributed by atoms with Crippen molar-refractivity contribution >= 4 is 10.2 Å². The molecule has 1 aliphatic carbocycles. The molecule has 3 radical (unpaired) electrons. The quantitative estimate of drug-likeness (QED) is 0.834. The first-order valence-electron chi connectivity index (χ1n) is 7.39. The maximum Gasteiger partial charge on any atom is 0.124 e. The van der Waals surface area contributed by atoms with Gasteiger partial charge < -0.3 is 19.5 Å². The number of rotatable bonds is 5. The van der Waals surface area contributed by atoms with Gasteiger partial charge in [0.15, 0.2) is 0 Å². The van der Waals surface area contributed by atoms with E-state index in [1.54, 1.807) is 7.11 Å². The second-order valence-electron chi connectivity index (χ2n) is 6.45. The van der Waals surface area contributed by atoms with Crippen LogP contribution in [0.15, 0.2) is 24.3 Å². The molecule has 4 nitrogen and oxygen atoms in total. The molecule has 2 aliphatic rings. The summed E-state index contributed by atoms with van der Waals surface area (Å²) in [6, 6.07) is 7.69. The van der Waals surface area contributed by atoms with Crippen LogP contribution in [0.5, 0.6) is 5.75 Å². The van der Waals surface area contributed by atoms with E-state index in [2.05, 4.69) is 22.2 Å². The number of aliphatic hydroxyl groups excluding tert-OH is 1. The molecule has 1 aliphatic heterocycles. The van der Waals surface area contributed by atoms with Gasteiger partial charge in [0.05, 0.1) is 29.2 Å². The molecule has 1 spiro atoms. The number of para-hydroxylation sites is 1. The minimum Gasteiger partial charge on any atom is -0.496 e. The molecule has 1 heterocycles. The molecule has 0 aromatic heterocycles. The number of ether oxygens (including phenoxy) is 2. The molecule has 1 saturated carbocycles. The van der Waals surface area contributed by atoms with Gasteiger partial charge >= 0.3 is 0 Å². The summed E-state index contributed by atoms with van der Waals surface area (Å²) in [6.07, 6.45) is 1.99. The summed E-state index contributed by atoms with van der Waals surface area (Å²) in [4.78, 5) is 2.34. The van der Waals surface area contributed by atoms with Gasteiger partial charge in [0.25, 0.3) is 0 Å². The van der Waals surface area contributed by atoms with Gasteiger partial charge in [-0.2, -0.15) is 0 Å². The van der Waals surface area contributed by atoms with E-state index in [1.165, 1.54) is 13.1 Å². The molecule has 0 amide bonds. The monoisotopic (exact) mass is 304 g/mol. The van der Waals surface area contributed by atoms with Crippen molar-refractivity contribution in [3.63, 3.8) is 0 Å². The fourth-order valence-corrected chi connectivity index (χ4v) is 4.04. The third-order valence-electron chi connectivity index (χ3n) is 4.60. The highest BCUT2D eigenvalue weighted by Crippen LogP contribution is 2.50. The summed E-state index contributed by atoms with van der Waals surface area (Å²) in [5.41, 5.74) is 0.609. The zero-order valence-corrected chi connectivity index (χ0v) is 13.6. The van der Waals surface area contributed by atoms with Crippen LogP contribution in [0, 0.1) is 5.41 Å². The van der Waals surface area contributed by atoms with Gasteiger partial charge in [0.1, 0.15) is 11.9 Å². The van der Waals surface area contributed by atoms with E-state index in [1.807, 2.05) is 24.3 Å². The molecule has 1 saturated heterocycles. The van der Waals surface area contributed by atoms with E-state index in [4.69, 9.17) is 9.47 Å². The highest BCUT2D eigenvalue weighted by molar-refractivity contribution is 6.11. The van der Waals surface area contributed by atoms with E-state index in [9.17, 15) is 5.11 Å². The van der Waals surface area contributed by atoms with Gasteiger partial charge in [0.2, 0.25) is 0 Å². The van der Waals surface area contributed by atoms with Crippen molar-refractivity contribution < 1.29 is 14.6 Å². The lowest BCUT2D eigenvalue weighted by Crippen LogP contribution is -2.62. The lowest BCUT2D eigenvalue weighted by molar-refractivity contribution is -0.175. The maximum atomic E-state index is 10.0. The lowest BCUT2D eigenvalue weighted by Gasteiger charge is -2.58. The zero-order valence-electron chi connectivity index (χ0n) is 12.6. The molecule has 1 aromatic rings. The van der Waals surface area contributed by atoms with Crippen LogP contribution in [-0.2, 0) is 4.74 Å². The Morgan fingerprint density at radius 1 is 1.33 bits per heavy atom. The Morgan fingerprint density at radius 2 is 2.00 bits per heavy atom. The molecule has 3 rings (SSSR count). The molecule has 21 heavy (non-hydrogen) atoms.